The van der Waals surface area contributed by atoms with E-state index in [1.807, 2.05) is 91.0 Å². The second-order valence-corrected chi connectivity index (χ2v) is 10.2. The van der Waals surface area contributed by atoms with Crippen molar-refractivity contribution < 1.29 is 9.59 Å². The van der Waals surface area contributed by atoms with E-state index in [-0.39, 0.29) is 17.9 Å². The highest BCUT2D eigenvalue weighted by Crippen LogP contribution is 2.22. The van der Waals surface area contributed by atoms with Crippen LogP contribution < -0.4 is 5.32 Å². The fourth-order valence-electron chi connectivity index (χ4n) is 4.62. The number of hydrogen-bond acceptors (Lipinski definition) is 3. The quantitative estimate of drug-likeness (QED) is 0.365. The Labute approximate surface area is 213 Å². The van der Waals surface area contributed by atoms with Crippen molar-refractivity contribution in [1.82, 2.24) is 10.2 Å². The van der Waals surface area contributed by atoms with E-state index in [0.717, 1.165) is 41.7 Å². The smallest absolute Gasteiger partial charge is 0.243 e. The number of nitrogens with one attached hydrogen (secondary N) is 1. The Kier molecular flexibility index (Phi) is 9.41. The van der Waals surface area contributed by atoms with Crippen molar-refractivity contribution in [1.29, 1.82) is 0 Å². The number of rotatable bonds is 10. The molecule has 1 aliphatic rings. The van der Waals surface area contributed by atoms with Gasteiger partial charge in [0.1, 0.15) is 6.04 Å². The van der Waals surface area contributed by atoms with Gasteiger partial charge in [0.2, 0.25) is 11.8 Å². The minimum Gasteiger partial charge on any atom is -0.352 e. The first-order chi connectivity index (χ1) is 17.2. The van der Waals surface area contributed by atoms with Gasteiger partial charge in [-0.15, -0.1) is 11.8 Å². The largest absolute Gasteiger partial charge is 0.352 e. The van der Waals surface area contributed by atoms with Gasteiger partial charge in [0.15, 0.2) is 0 Å². The molecule has 1 N–H and O–H groups in total. The maximum absolute atomic E-state index is 13.7. The molecule has 4 nitrogen and oxygen atoms in total. The van der Waals surface area contributed by atoms with Crippen LogP contribution in [0.1, 0.15) is 43.2 Å². The lowest BCUT2D eigenvalue weighted by atomic mass is 9.94. The molecule has 0 aromatic heterocycles. The van der Waals surface area contributed by atoms with E-state index in [9.17, 15) is 9.59 Å². The van der Waals surface area contributed by atoms with Gasteiger partial charge in [-0.25, -0.2) is 0 Å². The summed E-state index contributed by atoms with van der Waals surface area (Å²) in [5.41, 5.74) is 2.08. The number of thioether (sulfide) groups is 1. The Morgan fingerprint density at radius 1 is 0.800 bits per heavy atom. The third-order valence-electron chi connectivity index (χ3n) is 6.52. The Hall–Kier alpha value is -3.05. The minimum absolute atomic E-state index is 0.0255. The molecule has 182 valence electrons. The summed E-state index contributed by atoms with van der Waals surface area (Å²) < 4.78 is 0. The molecular formula is C30H34N2O2S. The SMILES string of the molecule is O=C(NC1CCCCC1)[C@@H](Cc1ccccc1)N(Cc1ccccc1)C(=O)CSc1ccccc1. The number of nitrogens with zero attached hydrogens (tertiary/aromatic N) is 1. The van der Waals surface area contributed by atoms with Crippen molar-refractivity contribution in [2.75, 3.05) is 5.75 Å². The summed E-state index contributed by atoms with van der Waals surface area (Å²) in [6.07, 6.45) is 6.05. The molecule has 0 bridgehead atoms. The molecule has 5 heteroatoms. The molecule has 1 atom stereocenters. The molecule has 1 fully saturated rings. The summed E-state index contributed by atoms with van der Waals surface area (Å²) in [6.45, 7) is 0.407. The summed E-state index contributed by atoms with van der Waals surface area (Å²) in [4.78, 5) is 30.2. The van der Waals surface area contributed by atoms with E-state index in [1.54, 1.807) is 4.90 Å². The highest BCUT2D eigenvalue weighted by atomic mass is 32.2. The van der Waals surface area contributed by atoms with Gasteiger partial charge in [0.25, 0.3) is 0 Å². The molecule has 1 aliphatic carbocycles. The van der Waals surface area contributed by atoms with Crippen molar-refractivity contribution in [2.45, 2.75) is 62.0 Å². The molecule has 1 saturated carbocycles. The molecule has 3 aromatic carbocycles. The number of amides is 2. The predicted octanol–water partition coefficient (Wildman–Crippen LogP) is 5.87. The fraction of sp³-hybridized carbons (Fsp3) is 0.333. The summed E-state index contributed by atoms with van der Waals surface area (Å²) in [7, 11) is 0. The molecule has 4 rings (SSSR count). The van der Waals surface area contributed by atoms with Crippen LogP contribution >= 0.6 is 11.8 Å². The zero-order valence-electron chi connectivity index (χ0n) is 20.1. The van der Waals surface area contributed by atoms with E-state index in [0.29, 0.717) is 18.7 Å². The van der Waals surface area contributed by atoms with Crippen LogP contribution in [0.3, 0.4) is 0 Å². The first kappa shape index (κ1) is 25.1. The van der Waals surface area contributed by atoms with Crippen molar-refractivity contribution in [3.05, 3.63) is 102 Å². The lowest BCUT2D eigenvalue weighted by Gasteiger charge is -2.33. The number of hydrogen-bond donors (Lipinski definition) is 1. The van der Waals surface area contributed by atoms with Crippen LogP contribution in [0.5, 0.6) is 0 Å². The van der Waals surface area contributed by atoms with Crippen molar-refractivity contribution in [2.24, 2.45) is 0 Å². The number of benzene rings is 3. The van der Waals surface area contributed by atoms with Gasteiger partial charge in [0, 0.05) is 23.9 Å². The van der Waals surface area contributed by atoms with Gasteiger partial charge in [-0.3, -0.25) is 9.59 Å². The van der Waals surface area contributed by atoms with Crippen LogP contribution in [0.4, 0.5) is 0 Å². The van der Waals surface area contributed by atoms with Gasteiger partial charge in [-0.2, -0.15) is 0 Å². The second-order valence-electron chi connectivity index (χ2n) is 9.16. The minimum atomic E-state index is -0.566. The molecule has 3 aromatic rings. The van der Waals surface area contributed by atoms with E-state index in [4.69, 9.17) is 0 Å². The van der Waals surface area contributed by atoms with E-state index < -0.39 is 6.04 Å². The van der Waals surface area contributed by atoms with Crippen molar-refractivity contribution in [3.8, 4) is 0 Å². The monoisotopic (exact) mass is 486 g/mol. The van der Waals surface area contributed by atoms with Gasteiger partial charge in [0.05, 0.1) is 5.75 Å². The Bertz CT molecular complexity index is 1050. The summed E-state index contributed by atoms with van der Waals surface area (Å²) in [5.74, 6) is 0.218. The lowest BCUT2D eigenvalue weighted by molar-refractivity contribution is -0.139. The van der Waals surface area contributed by atoms with Crippen molar-refractivity contribution >= 4 is 23.6 Å². The molecule has 2 amide bonds. The topological polar surface area (TPSA) is 49.4 Å². The van der Waals surface area contributed by atoms with Crippen molar-refractivity contribution in [3.63, 3.8) is 0 Å². The van der Waals surface area contributed by atoms with Gasteiger partial charge in [-0.05, 0) is 36.1 Å². The van der Waals surface area contributed by atoms with Crippen LogP contribution in [-0.2, 0) is 22.6 Å². The highest BCUT2D eigenvalue weighted by Gasteiger charge is 2.31. The molecular weight excluding hydrogens is 452 g/mol. The molecule has 0 heterocycles. The number of carbonyl (C=O) groups is 2. The maximum atomic E-state index is 13.7. The average molecular weight is 487 g/mol. The van der Waals surface area contributed by atoms with Crippen LogP contribution in [0.15, 0.2) is 95.9 Å². The average Bonchev–Trinajstić information content (AvgIpc) is 2.91. The van der Waals surface area contributed by atoms with Gasteiger partial charge in [-0.1, -0.05) is 98.1 Å². The fourth-order valence-corrected chi connectivity index (χ4v) is 5.43. The summed E-state index contributed by atoms with van der Waals surface area (Å²) >= 11 is 1.52. The highest BCUT2D eigenvalue weighted by molar-refractivity contribution is 8.00. The van der Waals surface area contributed by atoms with E-state index in [1.165, 1.54) is 18.2 Å². The van der Waals surface area contributed by atoms with Gasteiger partial charge < -0.3 is 10.2 Å². The van der Waals surface area contributed by atoms with E-state index >= 15 is 0 Å². The third kappa shape index (κ3) is 7.72. The zero-order chi connectivity index (χ0) is 24.3. The predicted molar refractivity (Wildman–Crippen MR) is 143 cm³/mol. The molecule has 0 unspecified atom stereocenters. The Morgan fingerprint density at radius 2 is 1.37 bits per heavy atom. The van der Waals surface area contributed by atoms with Crippen LogP contribution in [0.25, 0.3) is 0 Å². The summed E-state index contributed by atoms with van der Waals surface area (Å²) in [5, 5.41) is 3.29. The number of carbonyl (C=O) groups excluding carboxylic acids is 2. The Balaban J connectivity index is 1.58. The van der Waals surface area contributed by atoms with Crippen LogP contribution in [0.2, 0.25) is 0 Å². The zero-order valence-corrected chi connectivity index (χ0v) is 21.0. The Morgan fingerprint density at radius 3 is 2.00 bits per heavy atom. The molecule has 0 radical (unpaired) electrons. The molecule has 0 spiro atoms. The normalized spacial score (nSPS) is 14.7. The van der Waals surface area contributed by atoms with Crippen LogP contribution in [-0.4, -0.2) is 34.6 Å². The third-order valence-corrected chi connectivity index (χ3v) is 7.52. The van der Waals surface area contributed by atoms with Crippen LogP contribution in [0, 0.1) is 0 Å². The summed E-state index contributed by atoms with van der Waals surface area (Å²) in [6, 6.07) is 29.5. The lowest BCUT2D eigenvalue weighted by Crippen LogP contribution is -2.53. The molecule has 0 aliphatic heterocycles. The van der Waals surface area contributed by atoms with Gasteiger partial charge >= 0.3 is 0 Å². The standard InChI is InChI=1S/C30H34N2O2S/c33-29(23-35-27-19-11-4-12-20-27)32(22-25-15-7-2-8-16-25)28(21-24-13-5-1-6-14-24)30(34)31-26-17-9-3-10-18-26/h1-2,4-8,11-16,19-20,26,28H,3,9-10,17-18,21-23H2,(H,31,34)/t28-/m1/s1. The van der Waals surface area contributed by atoms with E-state index in [2.05, 4.69) is 5.32 Å². The first-order valence-corrected chi connectivity index (χ1v) is 13.5. The maximum Gasteiger partial charge on any atom is 0.243 e. The molecule has 35 heavy (non-hydrogen) atoms. The second kappa shape index (κ2) is 13.1. The molecule has 0 saturated heterocycles. The first-order valence-electron chi connectivity index (χ1n) is 12.5.